The second kappa shape index (κ2) is 15.7. The number of benzene rings is 1. The van der Waals surface area contributed by atoms with Crippen LogP contribution in [0.5, 0.6) is 5.75 Å². The number of carbonyl (C=O) groups is 1. The average molecular weight is 375 g/mol. The predicted molar refractivity (Wildman–Crippen MR) is 117 cm³/mol. The minimum atomic E-state index is 0.0749. The quantitative estimate of drug-likeness (QED) is 0.221. The molecule has 0 aromatic heterocycles. The molecule has 2 nitrogen and oxygen atoms in total. The molecule has 0 radical (unpaired) electrons. The van der Waals surface area contributed by atoms with E-state index >= 15 is 0 Å². The average Bonchev–Trinajstić information content (AvgIpc) is 2.66. The van der Waals surface area contributed by atoms with Crippen molar-refractivity contribution in [3.63, 3.8) is 0 Å². The highest BCUT2D eigenvalue weighted by Gasteiger charge is 2.10. The van der Waals surface area contributed by atoms with Crippen molar-refractivity contribution in [3.05, 3.63) is 29.3 Å². The number of phenols is 1. The molecular weight excluding hydrogens is 332 g/mol. The lowest BCUT2D eigenvalue weighted by Gasteiger charge is -2.05. The number of unbranched alkanes of at least 4 members (excludes halogenated alkanes) is 14. The number of aryl methyl sites for hydroxylation is 1. The van der Waals surface area contributed by atoms with Gasteiger partial charge in [-0.05, 0) is 25.5 Å². The van der Waals surface area contributed by atoms with E-state index in [1.54, 1.807) is 12.1 Å². The van der Waals surface area contributed by atoms with Gasteiger partial charge in [0.05, 0.1) is 5.56 Å². The van der Waals surface area contributed by atoms with Crippen molar-refractivity contribution in [2.24, 2.45) is 0 Å². The Morgan fingerprint density at radius 3 is 1.67 bits per heavy atom. The van der Waals surface area contributed by atoms with E-state index in [0.717, 1.165) is 18.4 Å². The second-order valence-electron chi connectivity index (χ2n) is 8.14. The number of phenolic OH excluding ortho intramolecular Hbond substituents is 1. The predicted octanol–water partition coefficient (Wildman–Crippen LogP) is 8.14. The molecule has 1 aromatic rings. The summed E-state index contributed by atoms with van der Waals surface area (Å²) >= 11 is 0. The Balaban J connectivity index is 1.89. The van der Waals surface area contributed by atoms with Gasteiger partial charge in [0.25, 0.3) is 0 Å². The lowest BCUT2D eigenvalue weighted by Crippen LogP contribution is -2.00. The molecule has 0 aliphatic carbocycles. The summed E-state index contributed by atoms with van der Waals surface area (Å²) in [4.78, 5) is 12.2. The van der Waals surface area contributed by atoms with Crippen molar-refractivity contribution >= 4 is 5.78 Å². The van der Waals surface area contributed by atoms with E-state index < -0.39 is 0 Å². The zero-order valence-electron chi connectivity index (χ0n) is 17.9. The van der Waals surface area contributed by atoms with Gasteiger partial charge in [0, 0.05) is 6.42 Å². The van der Waals surface area contributed by atoms with Crippen LogP contribution in [0.15, 0.2) is 18.2 Å². The molecule has 1 aromatic carbocycles. The highest BCUT2D eigenvalue weighted by molar-refractivity contribution is 5.98. The minimum Gasteiger partial charge on any atom is -0.507 e. The number of hydrogen-bond acceptors (Lipinski definition) is 2. The first-order valence-corrected chi connectivity index (χ1v) is 11.5. The molecule has 0 fully saturated rings. The molecule has 0 saturated heterocycles. The molecule has 0 unspecified atom stereocenters. The molecule has 0 atom stereocenters. The van der Waals surface area contributed by atoms with Crippen LogP contribution in [0.2, 0.25) is 0 Å². The van der Waals surface area contributed by atoms with E-state index in [-0.39, 0.29) is 11.5 Å². The molecule has 0 aliphatic heterocycles. The molecule has 1 rings (SSSR count). The number of rotatable bonds is 17. The Morgan fingerprint density at radius 2 is 1.19 bits per heavy atom. The largest absolute Gasteiger partial charge is 0.507 e. The Bertz CT molecular complexity index is 507. The van der Waals surface area contributed by atoms with Crippen LogP contribution in [-0.4, -0.2) is 10.9 Å². The monoisotopic (exact) mass is 374 g/mol. The lowest BCUT2D eigenvalue weighted by molar-refractivity contribution is 0.0976. The number of hydrogen-bond donors (Lipinski definition) is 1. The van der Waals surface area contributed by atoms with Crippen molar-refractivity contribution < 1.29 is 9.90 Å². The maximum atomic E-state index is 12.2. The molecular formula is C25H42O2. The maximum absolute atomic E-state index is 12.2. The first-order chi connectivity index (χ1) is 13.1. The highest BCUT2D eigenvalue weighted by atomic mass is 16.3. The molecule has 0 saturated carbocycles. The number of ketones is 1. The van der Waals surface area contributed by atoms with Crippen molar-refractivity contribution in [2.45, 2.75) is 117 Å². The van der Waals surface area contributed by atoms with Gasteiger partial charge in [-0.15, -0.1) is 0 Å². The highest BCUT2D eigenvalue weighted by Crippen LogP contribution is 2.21. The molecule has 0 aliphatic rings. The van der Waals surface area contributed by atoms with Gasteiger partial charge in [-0.2, -0.15) is 0 Å². The summed E-state index contributed by atoms with van der Waals surface area (Å²) in [5.41, 5.74) is 1.51. The van der Waals surface area contributed by atoms with E-state index in [4.69, 9.17) is 0 Å². The molecule has 0 bridgehead atoms. The maximum Gasteiger partial charge on any atom is 0.166 e. The summed E-state index contributed by atoms with van der Waals surface area (Å²) in [6.07, 6.45) is 20.5. The second-order valence-corrected chi connectivity index (χ2v) is 8.14. The zero-order valence-corrected chi connectivity index (χ0v) is 17.9. The van der Waals surface area contributed by atoms with Crippen LogP contribution in [0.1, 0.15) is 126 Å². The standard InChI is InChI=1S/C25H42O2/c1-3-4-5-6-7-8-9-10-11-12-13-14-15-16-17-18-24(26)23-21-22(2)19-20-25(23)27/h19-21,27H,3-18H2,1-2H3. The van der Waals surface area contributed by atoms with Crippen LogP contribution in [0.3, 0.4) is 0 Å². The first kappa shape index (κ1) is 23.7. The van der Waals surface area contributed by atoms with Crippen LogP contribution in [-0.2, 0) is 0 Å². The van der Waals surface area contributed by atoms with Gasteiger partial charge in [-0.3, -0.25) is 4.79 Å². The number of Topliss-reactive ketones (excluding diaryl/α,β-unsaturated/α-hetero) is 1. The van der Waals surface area contributed by atoms with Crippen molar-refractivity contribution in [1.82, 2.24) is 0 Å². The topological polar surface area (TPSA) is 37.3 Å². The summed E-state index contributed by atoms with van der Waals surface area (Å²) in [5.74, 6) is 0.192. The Labute approximate surface area is 167 Å². The van der Waals surface area contributed by atoms with Crippen LogP contribution < -0.4 is 0 Å². The molecule has 27 heavy (non-hydrogen) atoms. The fourth-order valence-corrected chi connectivity index (χ4v) is 3.66. The van der Waals surface area contributed by atoms with Gasteiger partial charge in [-0.25, -0.2) is 0 Å². The lowest BCUT2D eigenvalue weighted by atomic mass is 10.0. The third-order valence-electron chi connectivity index (χ3n) is 5.46. The van der Waals surface area contributed by atoms with Crippen LogP contribution in [0, 0.1) is 6.92 Å². The van der Waals surface area contributed by atoms with Crippen LogP contribution in [0.25, 0.3) is 0 Å². The Morgan fingerprint density at radius 1 is 0.741 bits per heavy atom. The summed E-state index contributed by atoms with van der Waals surface area (Å²) in [6.45, 7) is 4.22. The van der Waals surface area contributed by atoms with E-state index in [9.17, 15) is 9.90 Å². The molecule has 0 amide bonds. The third kappa shape index (κ3) is 11.9. The fourth-order valence-electron chi connectivity index (χ4n) is 3.66. The van der Waals surface area contributed by atoms with Crippen molar-refractivity contribution in [2.75, 3.05) is 0 Å². The van der Waals surface area contributed by atoms with E-state index in [0.29, 0.717) is 12.0 Å². The molecule has 1 N–H and O–H groups in total. The zero-order chi connectivity index (χ0) is 19.7. The number of carbonyl (C=O) groups excluding carboxylic acids is 1. The van der Waals surface area contributed by atoms with Crippen LogP contribution in [0.4, 0.5) is 0 Å². The third-order valence-corrected chi connectivity index (χ3v) is 5.46. The van der Waals surface area contributed by atoms with Gasteiger partial charge in [-0.1, -0.05) is 108 Å². The molecule has 0 heterocycles. The molecule has 2 heteroatoms. The first-order valence-electron chi connectivity index (χ1n) is 11.5. The summed E-state index contributed by atoms with van der Waals surface area (Å²) in [5, 5.41) is 9.81. The normalized spacial score (nSPS) is 11.0. The molecule has 154 valence electrons. The van der Waals surface area contributed by atoms with E-state index in [2.05, 4.69) is 6.92 Å². The van der Waals surface area contributed by atoms with Crippen LogP contribution >= 0.6 is 0 Å². The molecule has 0 spiro atoms. The van der Waals surface area contributed by atoms with Crippen molar-refractivity contribution in [1.29, 1.82) is 0 Å². The van der Waals surface area contributed by atoms with Gasteiger partial charge in [0.1, 0.15) is 5.75 Å². The Hall–Kier alpha value is -1.31. The van der Waals surface area contributed by atoms with E-state index in [1.807, 2.05) is 13.0 Å². The summed E-state index contributed by atoms with van der Waals surface area (Å²) < 4.78 is 0. The Kier molecular flexibility index (Phi) is 13.8. The van der Waals surface area contributed by atoms with Crippen molar-refractivity contribution in [3.8, 4) is 5.75 Å². The summed E-state index contributed by atoms with van der Waals surface area (Å²) in [7, 11) is 0. The fraction of sp³-hybridized carbons (Fsp3) is 0.720. The van der Waals surface area contributed by atoms with Gasteiger partial charge in [0.15, 0.2) is 5.78 Å². The number of aromatic hydroxyl groups is 1. The van der Waals surface area contributed by atoms with Gasteiger partial charge >= 0.3 is 0 Å². The minimum absolute atomic E-state index is 0.0749. The van der Waals surface area contributed by atoms with Gasteiger partial charge < -0.3 is 5.11 Å². The smallest absolute Gasteiger partial charge is 0.166 e. The SMILES string of the molecule is CCCCCCCCCCCCCCCCCC(=O)c1cc(C)ccc1O. The van der Waals surface area contributed by atoms with Gasteiger partial charge in [0.2, 0.25) is 0 Å². The van der Waals surface area contributed by atoms with E-state index in [1.165, 1.54) is 83.5 Å². The summed E-state index contributed by atoms with van der Waals surface area (Å²) in [6, 6.07) is 5.25.